The van der Waals surface area contributed by atoms with Crippen LogP contribution in [0.15, 0.2) is 158 Å². The Labute approximate surface area is 291 Å². The van der Waals surface area contributed by atoms with Crippen molar-refractivity contribution in [2.45, 2.75) is 13.8 Å². The molecule has 2 N–H and O–H groups in total. The maximum Gasteiger partial charge on any atom is 2.00 e. The minimum absolute atomic E-state index is 0. The van der Waals surface area contributed by atoms with Crippen LogP contribution in [-0.4, -0.2) is 23.4 Å². The van der Waals surface area contributed by atoms with E-state index in [1.807, 2.05) is 0 Å². The fourth-order valence-corrected chi connectivity index (χ4v) is 8.59. The van der Waals surface area contributed by atoms with E-state index < -0.39 is 0 Å². The van der Waals surface area contributed by atoms with Gasteiger partial charge in [0.1, 0.15) is 0 Å². The van der Waals surface area contributed by atoms with E-state index in [9.17, 15) is 0 Å². The molecule has 230 valence electrons. The van der Waals surface area contributed by atoms with Crippen LogP contribution >= 0.6 is 34.3 Å². The molecular weight excluding hydrogens is 660 g/mol. The fraction of sp³-hybridized carbons (Fsp3) is 0.105. The topological polar surface area (TPSA) is 40.5 Å². The summed E-state index contributed by atoms with van der Waals surface area (Å²) in [6, 6.07) is 56.5. The summed E-state index contributed by atoms with van der Waals surface area (Å²) in [5.74, 6) is 0. The molecule has 4 unspecified atom stereocenters. The molecule has 0 saturated heterocycles. The van der Waals surface area contributed by atoms with Crippen LogP contribution in [-0.2, 0) is 21.7 Å². The largest absolute Gasteiger partial charge is 2.00 e. The number of aliphatic hydroxyl groups excluding tert-OH is 2. The molecule has 0 spiro atoms. The molecule has 6 rings (SSSR count). The summed E-state index contributed by atoms with van der Waals surface area (Å²) in [6.07, 6.45) is 0. The number of hydrogen-bond acceptors (Lipinski definition) is 2. The van der Waals surface area contributed by atoms with Gasteiger partial charge in [0, 0.05) is 13.2 Å². The molecule has 6 aromatic carbocycles. The summed E-state index contributed by atoms with van der Waals surface area (Å²) in [5.41, 5.74) is 0. The van der Waals surface area contributed by atoms with Gasteiger partial charge in [0.05, 0.1) is 0 Å². The first-order valence-electron chi connectivity index (χ1n) is 14.7. The monoisotopic (exact) mass is 702 g/mol. The van der Waals surface area contributed by atoms with Crippen molar-refractivity contribution in [1.82, 2.24) is 0 Å². The summed E-state index contributed by atoms with van der Waals surface area (Å²) < 4.78 is 0. The second kappa shape index (κ2) is 24.2. The van der Waals surface area contributed by atoms with E-state index in [1.54, 1.807) is 13.8 Å². The molecule has 0 heterocycles. The van der Waals surface area contributed by atoms with Crippen LogP contribution in [0.25, 0.3) is 0 Å². The SMILES string of the molecule is CCO.CCO.[Ti+2].c1ccc(Pc2c[cH-]c(Pc3ccccc3)c2)cc1.c1ccc(Pc2c[cH-]c(Pc3ccccc3)c2)cc1. The zero-order valence-corrected chi connectivity index (χ0v) is 31.4. The van der Waals surface area contributed by atoms with Crippen molar-refractivity contribution < 1.29 is 31.9 Å². The Morgan fingerprint density at radius 2 is 0.667 bits per heavy atom. The first kappa shape index (κ1) is 39.1. The van der Waals surface area contributed by atoms with Gasteiger partial charge < -0.3 is 10.2 Å². The van der Waals surface area contributed by atoms with Crippen molar-refractivity contribution in [3.63, 3.8) is 0 Å². The third-order valence-electron chi connectivity index (χ3n) is 5.76. The molecule has 2 nitrogen and oxygen atoms in total. The summed E-state index contributed by atoms with van der Waals surface area (Å²) >= 11 is 0. The molecule has 0 bridgehead atoms. The fourth-order valence-electron chi connectivity index (χ4n) is 3.95. The first-order valence-corrected chi connectivity index (χ1v) is 18.7. The number of aliphatic hydroxyl groups is 2. The van der Waals surface area contributed by atoms with Gasteiger partial charge in [-0.2, -0.15) is 47.0 Å². The molecule has 0 saturated carbocycles. The standard InChI is InChI=1S/2C17H15P2.2C2H6O.Ti/c2*1-3-7-14(8-4-1)18-16-11-12-17(13-16)19-15-9-5-2-6-10-15;2*1-2-3;/h2*1-13,18-19H;2*3H,2H2,1H3;/q2*-1;;;+2. The van der Waals surface area contributed by atoms with E-state index in [4.69, 9.17) is 10.2 Å². The van der Waals surface area contributed by atoms with Gasteiger partial charge in [-0.25, -0.2) is 0 Å². The Kier molecular flexibility index (Phi) is 21.0. The summed E-state index contributed by atoms with van der Waals surface area (Å²) in [7, 11) is 3.05. The van der Waals surface area contributed by atoms with E-state index in [0.29, 0.717) is 0 Å². The number of benzene rings is 4. The Balaban J connectivity index is 0.000000262. The molecule has 0 radical (unpaired) electrons. The second-order valence-corrected chi connectivity index (χ2v) is 15.0. The van der Waals surface area contributed by atoms with Gasteiger partial charge in [-0.15, -0.1) is 27.8 Å². The Morgan fingerprint density at radius 1 is 0.422 bits per heavy atom. The van der Waals surface area contributed by atoms with E-state index in [-0.39, 0.29) is 34.9 Å². The van der Waals surface area contributed by atoms with E-state index in [0.717, 1.165) is 34.3 Å². The van der Waals surface area contributed by atoms with Gasteiger partial charge in [0.2, 0.25) is 0 Å². The van der Waals surface area contributed by atoms with Crippen molar-refractivity contribution in [2.75, 3.05) is 13.2 Å². The summed E-state index contributed by atoms with van der Waals surface area (Å²) in [6.45, 7) is 3.86. The molecule has 0 aliphatic heterocycles. The van der Waals surface area contributed by atoms with Gasteiger partial charge >= 0.3 is 21.7 Å². The average Bonchev–Trinajstić information content (AvgIpc) is 3.69. The van der Waals surface area contributed by atoms with Gasteiger partial charge in [-0.1, -0.05) is 138 Å². The van der Waals surface area contributed by atoms with Crippen LogP contribution < -0.4 is 42.4 Å². The predicted molar refractivity (Wildman–Crippen MR) is 206 cm³/mol. The Morgan fingerprint density at radius 3 is 0.933 bits per heavy atom. The van der Waals surface area contributed by atoms with E-state index >= 15 is 0 Å². The minimum atomic E-state index is 0. The quantitative estimate of drug-likeness (QED) is 0.128. The summed E-state index contributed by atoms with van der Waals surface area (Å²) in [5, 5.41) is 26.5. The Bertz CT molecular complexity index is 1310. The summed E-state index contributed by atoms with van der Waals surface area (Å²) in [4.78, 5) is 0. The van der Waals surface area contributed by atoms with Crippen molar-refractivity contribution >= 4 is 76.8 Å². The van der Waals surface area contributed by atoms with Crippen LogP contribution in [0.4, 0.5) is 0 Å². The van der Waals surface area contributed by atoms with E-state index in [2.05, 4.69) is 158 Å². The molecular formula is C38H42O2P4Ti. The smallest absolute Gasteiger partial charge is 0.397 e. The molecule has 7 heteroatoms. The van der Waals surface area contributed by atoms with E-state index in [1.165, 1.54) is 42.4 Å². The normalized spacial score (nSPS) is 10.8. The van der Waals surface area contributed by atoms with Gasteiger partial charge in [-0.05, 0) is 35.1 Å². The maximum atomic E-state index is 7.57. The molecule has 45 heavy (non-hydrogen) atoms. The third-order valence-corrected chi connectivity index (χ3v) is 10.6. The van der Waals surface area contributed by atoms with Crippen LogP contribution in [0.5, 0.6) is 0 Å². The van der Waals surface area contributed by atoms with Gasteiger partial charge in [0.25, 0.3) is 0 Å². The van der Waals surface area contributed by atoms with Crippen molar-refractivity contribution in [1.29, 1.82) is 0 Å². The van der Waals surface area contributed by atoms with Gasteiger partial charge in [-0.3, -0.25) is 0 Å². The van der Waals surface area contributed by atoms with Crippen molar-refractivity contribution in [2.24, 2.45) is 0 Å². The average molecular weight is 703 g/mol. The van der Waals surface area contributed by atoms with Crippen molar-refractivity contribution in [3.05, 3.63) is 158 Å². The zero-order chi connectivity index (χ0) is 31.2. The number of rotatable bonds is 8. The molecule has 6 aromatic rings. The van der Waals surface area contributed by atoms with Gasteiger partial charge in [0.15, 0.2) is 0 Å². The second-order valence-electron chi connectivity index (χ2n) is 9.37. The molecule has 4 atom stereocenters. The third kappa shape index (κ3) is 16.4. The van der Waals surface area contributed by atoms with Crippen LogP contribution in [0, 0.1) is 0 Å². The molecule has 0 aromatic heterocycles. The van der Waals surface area contributed by atoms with Crippen LogP contribution in [0.2, 0.25) is 0 Å². The van der Waals surface area contributed by atoms with Crippen LogP contribution in [0.1, 0.15) is 13.8 Å². The molecule has 0 aliphatic rings. The predicted octanol–water partition coefficient (Wildman–Crippen LogP) is 5.32. The van der Waals surface area contributed by atoms with Crippen molar-refractivity contribution in [3.8, 4) is 0 Å². The number of hydrogen-bond donors (Lipinski definition) is 2. The maximum absolute atomic E-state index is 7.57. The molecule has 0 fully saturated rings. The zero-order valence-electron chi connectivity index (χ0n) is 25.8. The molecule has 0 aliphatic carbocycles. The first-order chi connectivity index (χ1) is 21.6. The Hall–Kier alpha value is -2.07. The minimum Gasteiger partial charge on any atom is -0.397 e. The van der Waals surface area contributed by atoms with Crippen LogP contribution in [0.3, 0.4) is 0 Å². The molecule has 0 amide bonds.